The zero-order valence-electron chi connectivity index (χ0n) is 6.89. The number of unbranched alkanes of at least 4 members (excludes halogenated alkanes) is 1. The van der Waals surface area contributed by atoms with Crippen LogP contribution in [0.25, 0.3) is 0 Å². The van der Waals surface area contributed by atoms with E-state index in [-0.39, 0.29) is 6.61 Å². The van der Waals surface area contributed by atoms with Gasteiger partial charge in [-0.3, -0.25) is 4.18 Å². The van der Waals surface area contributed by atoms with Gasteiger partial charge in [-0.15, -0.1) is 0 Å². The zero-order chi connectivity index (χ0) is 10.5. The van der Waals surface area contributed by atoms with Gasteiger partial charge in [0, 0.05) is 0 Å². The minimum absolute atomic E-state index is 0.292. The molecular formula is C6H9F3O3S. The van der Waals surface area contributed by atoms with Crippen molar-refractivity contribution in [2.24, 2.45) is 0 Å². The maximum atomic E-state index is 12.1. The second-order valence-electron chi connectivity index (χ2n) is 2.16. The van der Waals surface area contributed by atoms with E-state index in [0.29, 0.717) is 12.8 Å². The van der Waals surface area contributed by atoms with Crippen LogP contribution in [0.2, 0.25) is 0 Å². The number of hydrogen-bond donors (Lipinski definition) is 0. The van der Waals surface area contributed by atoms with Crippen LogP contribution in [-0.4, -0.2) is 15.0 Å². The molecule has 0 spiro atoms. The Hall–Kier alpha value is -0.560. The number of rotatable bonds is 5. The van der Waals surface area contributed by atoms with E-state index in [0.717, 1.165) is 0 Å². The molecule has 0 aromatic carbocycles. The molecule has 0 N–H and O–H groups in total. The lowest BCUT2D eigenvalue weighted by molar-refractivity contribution is 0.303. The lowest BCUT2D eigenvalue weighted by atomic mass is 10.4. The fourth-order valence-corrected chi connectivity index (χ4v) is 1.09. The van der Waals surface area contributed by atoms with Crippen molar-refractivity contribution in [2.45, 2.75) is 19.8 Å². The molecule has 0 aliphatic rings. The molecule has 3 nitrogen and oxygen atoms in total. The molecule has 0 saturated heterocycles. The topological polar surface area (TPSA) is 43.4 Å². The van der Waals surface area contributed by atoms with Gasteiger partial charge in [0.1, 0.15) is 0 Å². The van der Waals surface area contributed by atoms with E-state index in [1.807, 2.05) is 0 Å². The molecule has 0 amide bonds. The van der Waals surface area contributed by atoms with E-state index in [9.17, 15) is 21.6 Å². The highest BCUT2D eigenvalue weighted by Gasteiger charge is 2.24. The van der Waals surface area contributed by atoms with Crippen LogP contribution in [0, 0.1) is 0 Å². The Morgan fingerprint density at radius 1 is 1.31 bits per heavy atom. The third-order valence-corrected chi connectivity index (χ3v) is 2.17. The van der Waals surface area contributed by atoms with Crippen molar-refractivity contribution >= 4 is 10.1 Å². The third-order valence-electron chi connectivity index (χ3n) is 1.10. The summed E-state index contributed by atoms with van der Waals surface area (Å²) < 4.78 is 60.1. The highest BCUT2D eigenvalue weighted by molar-refractivity contribution is 7.90. The summed E-state index contributed by atoms with van der Waals surface area (Å²) in [4.78, 5) is 0. The van der Waals surface area contributed by atoms with Gasteiger partial charge in [0.15, 0.2) is 0 Å². The van der Waals surface area contributed by atoms with Gasteiger partial charge in [-0.05, 0) is 6.42 Å². The predicted molar refractivity (Wildman–Crippen MR) is 40.1 cm³/mol. The third kappa shape index (κ3) is 4.28. The van der Waals surface area contributed by atoms with Crippen LogP contribution in [-0.2, 0) is 14.3 Å². The maximum absolute atomic E-state index is 12.1. The molecule has 0 rings (SSSR count). The summed E-state index contributed by atoms with van der Waals surface area (Å²) in [5.41, 5.74) is 0. The smallest absolute Gasteiger partial charge is 0.264 e. The first-order chi connectivity index (χ1) is 5.91. The first-order valence-corrected chi connectivity index (χ1v) is 4.93. The molecule has 7 heteroatoms. The van der Waals surface area contributed by atoms with Gasteiger partial charge in [0.2, 0.25) is 0 Å². The van der Waals surface area contributed by atoms with Crippen LogP contribution in [0.15, 0.2) is 11.2 Å². The minimum atomic E-state index is -4.87. The Morgan fingerprint density at radius 3 is 2.23 bits per heavy atom. The van der Waals surface area contributed by atoms with E-state index in [2.05, 4.69) is 4.18 Å². The van der Waals surface area contributed by atoms with Gasteiger partial charge in [-0.1, -0.05) is 13.3 Å². The van der Waals surface area contributed by atoms with Crippen molar-refractivity contribution in [3.8, 4) is 0 Å². The Kier molecular flexibility index (Phi) is 5.01. The molecule has 0 atom stereocenters. The molecule has 0 bridgehead atoms. The minimum Gasteiger partial charge on any atom is -0.264 e. The van der Waals surface area contributed by atoms with E-state index in [4.69, 9.17) is 0 Å². The van der Waals surface area contributed by atoms with Crippen molar-refractivity contribution in [2.75, 3.05) is 6.61 Å². The van der Waals surface area contributed by atoms with Crippen LogP contribution in [0.5, 0.6) is 0 Å². The second-order valence-corrected chi connectivity index (χ2v) is 3.67. The van der Waals surface area contributed by atoms with Crippen LogP contribution in [0.3, 0.4) is 0 Å². The van der Waals surface area contributed by atoms with Crippen LogP contribution < -0.4 is 0 Å². The normalized spacial score (nSPS) is 11.4. The largest absolute Gasteiger partial charge is 0.329 e. The van der Waals surface area contributed by atoms with Crippen LogP contribution in [0.4, 0.5) is 13.2 Å². The Balaban J connectivity index is 4.35. The summed E-state index contributed by atoms with van der Waals surface area (Å²) >= 11 is 0. The molecule has 0 aromatic heterocycles. The first kappa shape index (κ1) is 12.4. The average molecular weight is 218 g/mol. The Morgan fingerprint density at radius 2 is 1.85 bits per heavy atom. The van der Waals surface area contributed by atoms with E-state index in [1.54, 1.807) is 6.92 Å². The molecule has 13 heavy (non-hydrogen) atoms. The monoisotopic (exact) mass is 218 g/mol. The summed E-state index contributed by atoms with van der Waals surface area (Å²) in [7, 11) is -4.87. The molecule has 0 aliphatic carbocycles. The number of halogens is 3. The van der Waals surface area contributed by atoms with Crippen molar-refractivity contribution in [1.82, 2.24) is 0 Å². The fraction of sp³-hybridized carbons (Fsp3) is 0.667. The van der Waals surface area contributed by atoms with Gasteiger partial charge in [-0.2, -0.15) is 21.6 Å². The molecule has 78 valence electrons. The Bertz CT molecular complexity index is 279. The lowest BCUT2D eigenvalue weighted by Crippen LogP contribution is -2.07. The molecule has 0 aromatic rings. The van der Waals surface area contributed by atoms with E-state index >= 15 is 0 Å². The summed E-state index contributed by atoms with van der Waals surface area (Å²) in [5, 5.41) is -2.51. The summed E-state index contributed by atoms with van der Waals surface area (Å²) in [6.07, 6.45) is -1.91. The summed E-state index contributed by atoms with van der Waals surface area (Å²) in [6.45, 7) is 1.46. The standard InChI is InChI=1S/C6H9F3O3S/c1-2-3-4-12-13(10,11)6(9)5(7)8/h2-4H2,1H3. The first-order valence-electron chi connectivity index (χ1n) is 3.52. The van der Waals surface area contributed by atoms with Crippen LogP contribution >= 0.6 is 0 Å². The maximum Gasteiger partial charge on any atom is 0.329 e. The summed E-state index contributed by atoms with van der Waals surface area (Å²) in [5.74, 6) is 0. The molecule has 0 aliphatic heterocycles. The molecule has 0 radical (unpaired) electrons. The fourth-order valence-electron chi connectivity index (χ4n) is 0.459. The van der Waals surface area contributed by atoms with Gasteiger partial charge < -0.3 is 0 Å². The average Bonchev–Trinajstić information content (AvgIpc) is 2.03. The number of hydrogen-bond acceptors (Lipinski definition) is 3. The highest BCUT2D eigenvalue weighted by atomic mass is 32.2. The molecule has 0 fully saturated rings. The van der Waals surface area contributed by atoms with Crippen LogP contribution in [0.1, 0.15) is 19.8 Å². The quantitative estimate of drug-likeness (QED) is 0.524. The second kappa shape index (κ2) is 5.23. The molecule has 0 heterocycles. The Labute approximate surface area is 74.3 Å². The summed E-state index contributed by atoms with van der Waals surface area (Å²) in [6, 6.07) is 0. The zero-order valence-corrected chi connectivity index (χ0v) is 7.70. The lowest BCUT2D eigenvalue weighted by Gasteiger charge is -2.00. The van der Waals surface area contributed by atoms with Gasteiger partial charge in [0.05, 0.1) is 6.61 Å². The van der Waals surface area contributed by atoms with Crippen molar-refractivity contribution in [3.63, 3.8) is 0 Å². The highest BCUT2D eigenvalue weighted by Crippen LogP contribution is 2.17. The van der Waals surface area contributed by atoms with Crippen molar-refractivity contribution < 1.29 is 25.8 Å². The SMILES string of the molecule is CCCCOS(=O)(=O)C(F)=C(F)F. The van der Waals surface area contributed by atoms with Crippen molar-refractivity contribution in [1.29, 1.82) is 0 Å². The van der Waals surface area contributed by atoms with Gasteiger partial charge in [-0.25, -0.2) is 0 Å². The van der Waals surface area contributed by atoms with Crippen molar-refractivity contribution in [3.05, 3.63) is 11.2 Å². The molecular weight excluding hydrogens is 209 g/mol. The molecule has 0 unspecified atom stereocenters. The van der Waals surface area contributed by atoms with Gasteiger partial charge in [0.25, 0.3) is 0 Å². The molecule has 0 saturated carbocycles. The predicted octanol–water partition coefficient (Wildman–Crippen LogP) is 2.17. The van der Waals surface area contributed by atoms with E-state index < -0.39 is 21.4 Å². The van der Waals surface area contributed by atoms with Gasteiger partial charge >= 0.3 is 21.4 Å². The van der Waals surface area contributed by atoms with E-state index in [1.165, 1.54) is 0 Å².